The smallest absolute Gasteiger partial charge is 0.240 e. The molecule has 0 unspecified atom stereocenters. The van der Waals surface area contributed by atoms with Gasteiger partial charge in [-0.1, -0.05) is 6.92 Å². The van der Waals surface area contributed by atoms with Crippen LogP contribution in [-0.4, -0.2) is 21.5 Å². The highest BCUT2D eigenvalue weighted by molar-refractivity contribution is 5.80. The Balaban J connectivity index is 2.22. The first-order valence-electron chi connectivity index (χ1n) is 6.10. The van der Waals surface area contributed by atoms with Crippen LogP contribution in [-0.2, 0) is 11.3 Å². The minimum Gasteiger partial charge on any atom is -0.352 e. The summed E-state index contributed by atoms with van der Waals surface area (Å²) in [7, 11) is 0. The topological polar surface area (TPSA) is 46.9 Å². The average Bonchev–Trinajstić information content (AvgIpc) is 2.72. The van der Waals surface area contributed by atoms with Crippen molar-refractivity contribution < 1.29 is 13.6 Å². The zero-order valence-electron chi connectivity index (χ0n) is 10.8. The number of carbonyl (C=O) groups excluding carboxylic acids is 1. The molecule has 0 fully saturated rings. The van der Waals surface area contributed by atoms with Crippen LogP contribution in [0.2, 0.25) is 0 Å². The van der Waals surface area contributed by atoms with Crippen molar-refractivity contribution in [2.75, 3.05) is 0 Å². The first-order chi connectivity index (χ1) is 9.01. The van der Waals surface area contributed by atoms with Crippen LogP contribution in [0.4, 0.5) is 8.78 Å². The Hall–Kier alpha value is -1.98. The number of rotatable bonds is 4. The average molecular weight is 267 g/mol. The zero-order valence-corrected chi connectivity index (χ0v) is 10.8. The van der Waals surface area contributed by atoms with Gasteiger partial charge in [-0.25, -0.2) is 13.8 Å². The van der Waals surface area contributed by atoms with Gasteiger partial charge in [0.15, 0.2) is 11.6 Å². The van der Waals surface area contributed by atoms with E-state index in [0.717, 1.165) is 18.6 Å². The van der Waals surface area contributed by atoms with Gasteiger partial charge in [-0.2, -0.15) is 0 Å². The summed E-state index contributed by atoms with van der Waals surface area (Å²) in [6, 6.07) is 2.15. The molecule has 0 bridgehead atoms. The Bertz CT molecular complexity index is 609. The van der Waals surface area contributed by atoms with E-state index < -0.39 is 11.6 Å². The van der Waals surface area contributed by atoms with Crippen LogP contribution in [0.15, 0.2) is 18.5 Å². The molecule has 1 heterocycles. The zero-order chi connectivity index (χ0) is 14.0. The fraction of sp³-hybridized carbons (Fsp3) is 0.385. The molecule has 1 aromatic carbocycles. The number of carbonyl (C=O) groups is 1. The van der Waals surface area contributed by atoms with E-state index in [0.29, 0.717) is 11.0 Å². The summed E-state index contributed by atoms with van der Waals surface area (Å²) in [4.78, 5) is 15.7. The first kappa shape index (κ1) is 13.5. The molecule has 0 aliphatic carbocycles. The van der Waals surface area contributed by atoms with E-state index in [9.17, 15) is 13.6 Å². The van der Waals surface area contributed by atoms with Gasteiger partial charge in [0.05, 0.1) is 17.4 Å². The van der Waals surface area contributed by atoms with Gasteiger partial charge >= 0.3 is 0 Å². The second-order valence-electron chi connectivity index (χ2n) is 4.50. The molecule has 0 aliphatic rings. The van der Waals surface area contributed by atoms with Gasteiger partial charge in [-0.15, -0.1) is 0 Å². The molecule has 0 spiro atoms. The molecule has 2 rings (SSSR count). The molecule has 0 radical (unpaired) electrons. The van der Waals surface area contributed by atoms with Crippen molar-refractivity contribution in [3.8, 4) is 0 Å². The van der Waals surface area contributed by atoms with Crippen molar-refractivity contribution in [1.82, 2.24) is 14.9 Å². The van der Waals surface area contributed by atoms with Crippen LogP contribution in [0, 0.1) is 11.6 Å². The molecular formula is C13H15F2N3O. The van der Waals surface area contributed by atoms with E-state index >= 15 is 0 Å². The largest absolute Gasteiger partial charge is 0.352 e. The number of hydrogen-bond acceptors (Lipinski definition) is 2. The Morgan fingerprint density at radius 1 is 1.42 bits per heavy atom. The van der Waals surface area contributed by atoms with Crippen molar-refractivity contribution in [1.29, 1.82) is 0 Å². The van der Waals surface area contributed by atoms with E-state index in [1.165, 1.54) is 10.9 Å². The van der Waals surface area contributed by atoms with Gasteiger partial charge in [0.25, 0.3) is 0 Å². The summed E-state index contributed by atoms with van der Waals surface area (Å²) in [5.41, 5.74) is 0.730. The van der Waals surface area contributed by atoms with Crippen molar-refractivity contribution in [2.45, 2.75) is 32.9 Å². The lowest BCUT2D eigenvalue weighted by Crippen LogP contribution is -2.34. The van der Waals surface area contributed by atoms with Gasteiger partial charge in [0, 0.05) is 18.2 Å². The van der Waals surface area contributed by atoms with Crippen LogP contribution in [0.3, 0.4) is 0 Å². The van der Waals surface area contributed by atoms with E-state index in [1.807, 2.05) is 13.8 Å². The fourth-order valence-electron chi connectivity index (χ4n) is 1.76. The monoisotopic (exact) mass is 267 g/mol. The summed E-state index contributed by atoms with van der Waals surface area (Å²) in [5.74, 6) is -2.07. The number of aromatic nitrogens is 2. The van der Waals surface area contributed by atoms with E-state index in [2.05, 4.69) is 10.3 Å². The molecule has 1 N–H and O–H groups in total. The summed E-state index contributed by atoms with van der Waals surface area (Å²) < 4.78 is 27.7. The second-order valence-corrected chi connectivity index (χ2v) is 4.50. The Morgan fingerprint density at radius 3 is 2.79 bits per heavy atom. The summed E-state index contributed by atoms with van der Waals surface area (Å²) in [6.45, 7) is 3.90. The standard InChI is InChI=1S/C13H15F2N3O/c1-3-8(2)17-13(19)6-18-7-16-11-4-9(14)10(15)5-12(11)18/h4-5,7-8H,3,6H2,1-2H3,(H,17,19)/t8-/m1/s1. The maximum atomic E-state index is 13.2. The number of nitrogens with zero attached hydrogens (tertiary/aromatic N) is 2. The number of amides is 1. The highest BCUT2D eigenvalue weighted by Gasteiger charge is 2.12. The molecule has 6 heteroatoms. The molecule has 0 saturated heterocycles. The summed E-state index contributed by atoms with van der Waals surface area (Å²) >= 11 is 0. The van der Waals surface area contributed by atoms with Gasteiger partial charge in [0.1, 0.15) is 6.54 Å². The van der Waals surface area contributed by atoms with Crippen molar-refractivity contribution in [3.63, 3.8) is 0 Å². The molecule has 1 aromatic heterocycles. The number of imidazole rings is 1. The molecular weight excluding hydrogens is 252 g/mol. The third-order valence-corrected chi connectivity index (χ3v) is 3.00. The van der Waals surface area contributed by atoms with E-state index in [-0.39, 0.29) is 18.5 Å². The summed E-state index contributed by atoms with van der Waals surface area (Å²) in [5, 5.41) is 2.80. The predicted molar refractivity (Wildman–Crippen MR) is 67.5 cm³/mol. The highest BCUT2D eigenvalue weighted by atomic mass is 19.2. The van der Waals surface area contributed by atoms with Crippen LogP contribution < -0.4 is 5.32 Å². The van der Waals surface area contributed by atoms with Gasteiger partial charge < -0.3 is 9.88 Å². The Kier molecular flexibility index (Phi) is 3.78. The Labute approximate surface area is 109 Å². The van der Waals surface area contributed by atoms with Crippen LogP contribution in [0.25, 0.3) is 11.0 Å². The number of nitrogens with one attached hydrogen (secondary N) is 1. The molecule has 4 nitrogen and oxygen atoms in total. The molecule has 2 aromatic rings. The lowest BCUT2D eigenvalue weighted by atomic mass is 10.2. The Morgan fingerprint density at radius 2 is 2.11 bits per heavy atom. The van der Waals surface area contributed by atoms with Crippen LogP contribution in [0.1, 0.15) is 20.3 Å². The van der Waals surface area contributed by atoms with Crippen LogP contribution in [0.5, 0.6) is 0 Å². The predicted octanol–water partition coefficient (Wildman–Crippen LogP) is 2.23. The quantitative estimate of drug-likeness (QED) is 0.923. The number of fused-ring (bicyclic) bond motifs is 1. The maximum absolute atomic E-state index is 13.2. The second kappa shape index (κ2) is 5.34. The SMILES string of the molecule is CC[C@@H](C)NC(=O)Cn1cnc2cc(F)c(F)cc21. The van der Waals surface area contributed by atoms with Crippen molar-refractivity contribution >= 4 is 16.9 Å². The van der Waals surface area contributed by atoms with Gasteiger partial charge in [-0.3, -0.25) is 4.79 Å². The minimum absolute atomic E-state index is 0.0336. The molecule has 1 atom stereocenters. The van der Waals surface area contributed by atoms with Gasteiger partial charge in [0.2, 0.25) is 5.91 Å². The lowest BCUT2D eigenvalue weighted by Gasteiger charge is -2.11. The number of hydrogen-bond donors (Lipinski definition) is 1. The molecule has 0 saturated carbocycles. The lowest BCUT2D eigenvalue weighted by molar-refractivity contribution is -0.122. The molecule has 102 valence electrons. The van der Waals surface area contributed by atoms with Crippen molar-refractivity contribution in [2.24, 2.45) is 0 Å². The van der Waals surface area contributed by atoms with Gasteiger partial charge in [-0.05, 0) is 13.3 Å². The first-order valence-corrected chi connectivity index (χ1v) is 6.10. The summed E-state index contributed by atoms with van der Waals surface area (Å²) in [6.07, 6.45) is 2.23. The molecule has 0 aliphatic heterocycles. The molecule has 19 heavy (non-hydrogen) atoms. The molecule has 1 amide bonds. The van der Waals surface area contributed by atoms with E-state index in [4.69, 9.17) is 0 Å². The third-order valence-electron chi connectivity index (χ3n) is 3.00. The third kappa shape index (κ3) is 2.89. The minimum atomic E-state index is -0.948. The fourth-order valence-corrected chi connectivity index (χ4v) is 1.76. The van der Waals surface area contributed by atoms with Crippen LogP contribution >= 0.6 is 0 Å². The maximum Gasteiger partial charge on any atom is 0.240 e. The highest BCUT2D eigenvalue weighted by Crippen LogP contribution is 2.17. The number of benzene rings is 1. The number of halogens is 2. The van der Waals surface area contributed by atoms with E-state index in [1.54, 1.807) is 0 Å². The van der Waals surface area contributed by atoms with Crippen molar-refractivity contribution in [3.05, 3.63) is 30.1 Å². The normalized spacial score (nSPS) is 12.6.